The van der Waals surface area contributed by atoms with Gasteiger partial charge in [0.15, 0.2) is 15.6 Å². The van der Waals surface area contributed by atoms with Crippen LogP contribution in [0.15, 0.2) is 59.5 Å². The van der Waals surface area contributed by atoms with Crippen LogP contribution in [0.4, 0.5) is 13.2 Å². The highest BCUT2D eigenvalue weighted by atomic mass is 32.2. The number of benzene rings is 2. The van der Waals surface area contributed by atoms with Gasteiger partial charge in [-0.25, -0.2) is 8.42 Å². The Labute approximate surface area is 125 Å². The van der Waals surface area contributed by atoms with E-state index in [0.29, 0.717) is 12.1 Å². The van der Waals surface area contributed by atoms with Crippen LogP contribution in [-0.4, -0.2) is 20.0 Å². The molecule has 0 atom stereocenters. The Hall–Kier alpha value is -2.15. The lowest BCUT2D eigenvalue weighted by atomic mass is 10.2. The molecule has 0 saturated heterocycles. The van der Waals surface area contributed by atoms with Gasteiger partial charge in [-0.05, 0) is 24.3 Å². The zero-order valence-electron chi connectivity index (χ0n) is 11.2. The number of carbonyl (C=O) groups is 1. The molecule has 7 heteroatoms. The average Bonchev–Trinajstić information content (AvgIpc) is 2.47. The molecule has 116 valence electrons. The number of sulfone groups is 1. The molecular weight excluding hydrogens is 317 g/mol. The number of alkyl halides is 3. The quantitative estimate of drug-likeness (QED) is 0.809. The van der Waals surface area contributed by atoms with Crippen LogP contribution in [0.5, 0.6) is 0 Å². The monoisotopic (exact) mass is 328 g/mol. The summed E-state index contributed by atoms with van der Waals surface area (Å²) in [5.41, 5.74) is -0.709. The van der Waals surface area contributed by atoms with Gasteiger partial charge in [0.1, 0.15) is 5.75 Å². The van der Waals surface area contributed by atoms with Gasteiger partial charge in [-0.15, -0.1) is 0 Å². The second-order valence-corrected chi connectivity index (χ2v) is 6.56. The minimum absolute atomic E-state index is 0.234. The summed E-state index contributed by atoms with van der Waals surface area (Å²) >= 11 is 0. The number of halogens is 3. The van der Waals surface area contributed by atoms with Gasteiger partial charge in [0.05, 0.1) is 10.5 Å². The zero-order valence-corrected chi connectivity index (χ0v) is 12.0. The lowest BCUT2D eigenvalue weighted by Crippen LogP contribution is -2.16. The summed E-state index contributed by atoms with van der Waals surface area (Å²) in [4.78, 5) is 11.6. The van der Waals surface area contributed by atoms with E-state index in [0.717, 1.165) is 12.1 Å². The van der Waals surface area contributed by atoms with Crippen LogP contribution in [-0.2, 0) is 16.0 Å². The van der Waals surface area contributed by atoms with Crippen LogP contribution in [0.25, 0.3) is 0 Å². The minimum Gasteiger partial charge on any atom is -0.293 e. The highest BCUT2D eigenvalue weighted by Crippen LogP contribution is 2.29. The van der Waals surface area contributed by atoms with Crippen LogP contribution in [0, 0.1) is 0 Å². The highest BCUT2D eigenvalue weighted by molar-refractivity contribution is 7.92. The molecule has 0 N–H and O–H groups in total. The fraction of sp³-hybridized carbons (Fsp3) is 0.133. The predicted octanol–water partition coefficient (Wildman–Crippen LogP) is 3.36. The fourth-order valence-electron chi connectivity index (χ4n) is 1.81. The number of hydrogen-bond donors (Lipinski definition) is 0. The molecule has 2 aromatic rings. The summed E-state index contributed by atoms with van der Waals surface area (Å²) in [6, 6.07) is 10.9. The smallest absolute Gasteiger partial charge is 0.293 e. The van der Waals surface area contributed by atoms with Crippen LogP contribution >= 0.6 is 0 Å². The third-order valence-corrected chi connectivity index (χ3v) is 4.59. The maximum absolute atomic E-state index is 12.4. The standard InChI is InChI=1S/C15H11F3O3S/c16-15(17,18)12-6-8-13(9-7-12)22(20,21)10-14(19)11-4-2-1-3-5-11/h1-9H,10H2. The van der Waals surface area contributed by atoms with E-state index < -0.39 is 33.1 Å². The molecule has 3 nitrogen and oxygen atoms in total. The van der Waals surface area contributed by atoms with Crippen molar-refractivity contribution in [2.75, 3.05) is 5.75 Å². The molecule has 0 amide bonds. The molecule has 0 radical (unpaired) electrons. The Kier molecular flexibility index (Phi) is 4.37. The summed E-state index contributed by atoms with van der Waals surface area (Å²) in [6.07, 6.45) is -4.54. The number of carbonyl (C=O) groups excluding carboxylic acids is 1. The van der Waals surface area contributed by atoms with E-state index in [-0.39, 0.29) is 10.5 Å². The molecule has 0 heterocycles. The highest BCUT2D eigenvalue weighted by Gasteiger charge is 2.31. The van der Waals surface area contributed by atoms with Crippen molar-refractivity contribution >= 4 is 15.6 Å². The molecule has 2 rings (SSSR count). The summed E-state index contributed by atoms with van der Waals surface area (Å²) in [7, 11) is -3.99. The number of Topliss-reactive ketones (excluding diaryl/α,β-unsaturated/α-hetero) is 1. The summed E-state index contributed by atoms with van der Waals surface area (Å²) in [6.45, 7) is 0. The van der Waals surface area contributed by atoms with Crippen molar-refractivity contribution in [1.82, 2.24) is 0 Å². The van der Waals surface area contributed by atoms with Crippen molar-refractivity contribution in [3.05, 3.63) is 65.7 Å². The van der Waals surface area contributed by atoms with E-state index in [1.165, 1.54) is 12.1 Å². The van der Waals surface area contributed by atoms with Crippen molar-refractivity contribution in [2.24, 2.45) is 0 Å². The second-order valence-electron chi connectivity index (χ2n) is 4.57. The van der Waals surface area contributed by atoms with Gasteiger partial charge >= 0.3 is 6.18 Å². The largest absolute Gasteiger partial charge is 0.416 e. The topological polar surface area (TPSA) is 51.2 Å². The Morgan fingerprint density at radius 2 is 1.45 bits per heavy atom. The Morgan fingerprint density at radius 3 is 1.95 bits per heavy atom. The third-order valence-electron chi connectivity index (χ3n) is 2.96. The van der Waals surface area contributed by atoms with E-state index in [1.54, 1.807) is 18.2 Å². The van der Waals surface area contributed by atoms with Gasteiger partial charge in [0, 0.05) is 5.56 Å². The summed E-state index contributed by atoms with van der Waals surface area (Å²) < 4.78 is 61.5. The first-order chi connectivity index (χ1) is 10.2. The molecule has 0 aromatic heterocycles. The van der Waals surface area contributed by atoms with E-state index in [4.69, 9.17) is 0 Å². The average molecular weight is 328 g/mol. The molecule has 0 spiro atoms. The molecule has 0 unspecified atom stereocenters. The lowest BCUT2D eigenvalue weighted by molar-refractivity contribution is -0.137. The summed E-state index contributed by atoms with van der Waals surface area (Å²) in [5.74, 6) is -1.40. The SMILES string of the molecule is O=C(CS(=O)(=O)c1ccc(C(F)(F)F)cc1)c1ccccc1. The molecule has 0 bridgehead atoms. The van der Waals surface area contributed by atoms with Crippen LogP contribution in [0.3, 0.4) is 0 Å². The second kappa shape index (κ2) is 5.92. The van der Waals surface area contributed by atoms with Gasteiger partial charge < -0.3 is 0 Å². The zero-order chi connectivity index (χ0) is 16.4. The van der Waals surface area contributed by atoms with Gasteiger partial charge in [0.2, 0.25) is 0 Å². The van der Waals surface area contributed by atoms with Gasteiger partial charge in [0.25, 0.3) is 0 Å². The van der Waals surface area contributed by atoms with Crippen molar-refractivity contribution in [2.45, 2.75) is 11.1 Å². The molecule has 0 aliphatic carbocycles. The van der Waals surface area contributed by atoms with E-state index >= 15 is 0 Å². The number of rotatable bonds is 4. The Balaban J connectivity index is 2.22. The van der Waals surface area contributed by atoms with E-state index in [2.05, 4.69) is 0 Å². The number of ketones is 1. The lowest BCUT2D eigenvalue weighted by Gasteiger charge is -2.08. The Bertz CT molecular complexity index is 764. The van der Waals surface area contributed by atoms with Crippen molar-refractivity contribution in [1.29, 1.82) is 0 Å². The maximum atomic E-state index is 12.4. The van der Waals surface area contributed by atoms with Crippen molar-refractivity contribution < 1.29 is 26.4 Å². The molecule has 22 heavy (non-hydrogen) atoms. The first-order valence-electron chi connectivity index (χ1n) is 6.18. The Morgan fingerprint density at radius 1 is 0.909 bits per heavy atom. The van der Waals surface area contributed by atoms with Crippen LogP contribution < -0.4 is 0 Å². The van der Waals surface area contributed by atoms with Crippen molar-refractivity contribution in [3.63, 3.8) is 0 Å². The molecule has 0 aliphatic rings. The fourth-order valence-corrected chi connectivity index (χ4v) is 3.04. The first kappa shape index (κ1) is 16.2. The normalized spacial score (nSPS) is 12.1. The van der Waals surface area contributed by atoms with Crippen LogP contribution in [0.1, 0.15) is 15.9 Å². The molecule has 0 aliphatic heterocycles. The van der Waals surface area contributed by atoms with Crippen LogP contribution in [0.2, 0.25) is 0 Å². The molecule has 0 fully saturated rings. The van der Waals surface area contributed by atoms with Gasteiger partial charge in [-0.1, -0.05) is 30.3 Å². The van der Waals surface area contributed by atoms with Crippen molar-refractivity contribution in [3.8, 4) is 0 Å². The third kappa shape index (κ3) is 3.73. The predicted molar refractivity (Wildman–Crippen MR) is 74.3 cm³/mol. The van der Waals surface area contributed by atoms with E-state index in [1.807, 2.05) is 0 Å². The molecule has 2 aromatic carbocycles. The maximum Gasteiger partial charge on any atom is 0.416 e. The first-order valence-corrected chi connectivity index (χ1v) is 7.84. The van der Waals surface area contributed by atoms with Gasteiger partial charge in [-0.2, -0.15) is 13.2 Å². The van der Waals surface area contributed by atoms with Gasteiger partial charge in [-0.3, -0.25) is 4.79 Å². The minimum atomic E-state index is -4.54. The molecular formula is C15H11F3O3S. The molecule has 0 saturated carbocycles. The summed E-state index contributed by atoms with van der Waals surface area (Å²) in [5, 5.41) is 0. The number of hydrogen-bond acceptors (Lipinski definition) is 3. The van der Waals surface area contributed by atoms with E-state index in [9.17, 15) is 26.4 Å².